The molecule has 0 atom stereocenters. The van der Waals surface area contributed by atoms with Crippen molar-refractivity contribution in [2.75, 3.05) is 5.32 Å². The summed E-state index contributed by atoms with van der Waals surface area (Å²) in [5.41, 5.74) is 1.78. The van der Waals surface area contributed by atoms with Gasteiger partial charge in [0.1, 0.15) is 5.01 Å². The Hall–Kier alpha value is -0.960. The van der Waals surface area contributed by atoms with Gasteiger partial charge in [0.25, 0.3) is 0 Å². The van der Waals surface area contributed by atoms with Crippen molar-refractivity contribution in [3.8, 4) is 0 Å². The highest BCUT2D eigenvalue weighted by Gasteiger charge is 2.10. The summed E-state index contributed by atoms with van der Waals surface area (Å²) in [5, 5.41) is 11.2. The number of anilines is 1. The molecule has 0 fully saturated rings. The minimum Gasteiger partial charge on any atom is -0.378 e. The van der Waals surface area contributed by atoms with Gasteiger partial charge in [-0.3, -0.25) is 0 Å². The van der Waals surface area contributed by atoms with Crippen LogP contribution in [0.5, 0.6) is 0 Å². The lowest BCUT2D eigenvalue weighted by Gasteiger charge is -2.08. The highest BCUT2D eigenvalue weighted by molar-refractivity contribution is 9.10. The molecular weight excluding hydrogens is 350 g/mol. The Labute approximate surface area is 124 Å². The zero-order chi connectivity index (χ0) is 14.0. The van der Waals surface area contributed by atoms with Gasteiger partial charge in [0, 0.05) is 21.2 Å². The van der Waals surface area contributed by atoms with Crippen LogP contribution < -0.4 is 10.5 Å². The Bertz CT molecular complexity index is 698. The Balaban J connectivity index is 2.14. The van der Waals surface area contributed by atoms with Crippen molar-refractivity contribution in [3.05, 3.63) is 38.8 Å². The van der Waals surface area contributed by atoms with Crippen LogP contribution >= 0.6 is 27.3 Å². The Kier molecular flexibility index (Phi) is 4.24. The second-order valence-electron chi connectivity index (χ2n) is 3.92. The Morgan fingerprint density at radius 1 is 1.47 bits per heavy atom. The Morgan fingerprint density at radius 3 is 2.74 bits per heavy atom. The predicted octanol–water partition coefficient (Wildman–Crippen LogP) is 2.47. The lowest BCUT2D eigenvalue weighted by Crippen LogP contribution is -2.12. The van der Waals surface area contributed by atoms with Crippen LogP contribution in [0.3, 0.4) is 0 Å². The van der Waals surface area contributed by atoms with E-state index in [1.807, 2.05) is 12.3 Å². The molecule has 19 heavy (non-hydrogen) atoms. The second-order valence-corrected chi connectivity index (χ2v) is 7.28. The van der Waals surface area contributed by atoms with Gasteiger partial charge >= 0.3 is 0 Å². The highest BCUT2D eigenvalue weighted by Crippen LogP contribution is 2.26. The molecule has 0 spiro atoms. The quantitative estimate of drug-likeness (QED) is 0.875. The topological polar surface area (TPSA) is 85.1 Å². The normalized spacial score (nSPS) is 11.5. The number of aryl methyl sites for hydroxylation is 1. The van der Waals surface area contributed by atoms with Gasteiger partial charge in [0.05, 0.1) is 11.4 Å². The molecule has 1 aromatic carbocycles. The monoisotopic (exact) mass is 361 g/mol. The van der Waals surface area contributed by atoms with Crippen LogP contribution in [0, 0.1) is 6.92 Å². The summed E-state index contributed by atoms with van der Waals surface area (Å²) in [6.07, 6.45) is 0. The van der Waals surface area contributed by atoms with E-state index < -0.39 is 10.0 Å². The van der Waals surface area contributed by atoms with E-state index in [0.29, 0.717) is 11.0 Å². The van der Waals surface area contributed by atoms with Gasteiger partial charge in [-0.1, -0.05) is 0 Å². The summed E-state index contributed by atoms with van der Waals surface area (Å²) >= 11 is 4.90. The average Bonchev–Trinajstić information content (AvgIpc) is 2.72. The van der Waals surface area contributed by atoms with Crippen molar-refractivity contribution in [3.63, 3.8) is 0 Å². The molecule has 2 rings (SSSR count). The lowest BCUT2D eigenvalue weighted by molar-refractivity contribution is 0.598. The van der Waals surface area contributed by atoms with Crippen LogP contribution in [0.4, 0.5) is 5.69 Å². The summed E-state index contributed by atoms with van der Waals surface area (Å²) in [4.78, 5) is 4.42. The van der Waals surface area contributed by atoms with Gasteiger partial charge in [0.2, 0.25) is 10.0 Å². The first-order chi connectivity index (χ1) is 8.86. The molecule has 0 radical (unpaired) electrons. The molecule has 1 heterocycles. The zero-order valence-electron chi connectivity index (χ0n) is 10.1. The lowest BCUT2D eigenvalue weighted by atomic mass is 10.3. The number of nitrogens with two attached hydrogens (primary N) is 1. The van der Waals surface area contributed by atoms with E-state index in [9.17, 15) is 8.42 Å². The molecule has 0 saturated carbocycles. The van der Waals surface area contributed by atoms with E-state index in [0.717, 1.165) is 16.4 Å². The smallest absolute Gasteiger partial charge is 0.238 e. The van der Waals surface area contributed by atoms with E-state index in [2.05, 4.69) is 26.2 Å². The van der Waals surface area contributed by atoms with Crippen LogP contribution in [0.1, 0.15) is 10.7 Å². The molecule has 0 bridgehead atoms. The first-order valence-corrected chi connectivity index (χ1v) is 8.55. The third-order valence-electron chi connectivity index (χ3n) is 2.37. The number of hydrogen-bond acceptors (Lipinski definition) is 5. The minimum atomic E-state index is -3.67. The molecule has 1 aromatic heterocycles. The largest absolute Gasteiger partial charge is 0.378 e. The van der Waals surface area contributed by atoms with Gasteiger partial charge in [-0.15, -0.1) is 11.3 Å². The van der Waals surface area contributed by atoms with Crippen molar-refractivity contribution in [1.82, 2.24) is 4.98 Å². The fourth-order valence-electron chi connectivity index (χ4n) is 1.47. The maximum atomic E-state index is 11.2. The van der Waals surface area contributed by atoms with Gasteiger partial charge < -0.3 is 5.32 Å². The summed E-state index contributed by atoms with van der Waals surface area (Å²) < 4.78 is 23.1. The van der Waals surface area contributed by atoms with Crippen LogP contribution in [0.25, 0.3) is 0 Å². The molecule has 5 nitrogen and oxygen atoms in total. The van der Waals surface area contributed by atoms with E-state index >= 15 is 0 Å². The summed E-state index contributed by atoms with van der Waals surface area (Å²) in [5.74, 6) is 0. The van der Waals surface area contributed by atoms with Crippen molar-refractivity contribution in [2.24, 2.45) is 5.14 Å². The molecule has 0 saturated heterocycles. The number of nitrogens with zero attached hydrogens (tertiary/aromatic N) is 1. The highest BCUT2D eigenvalue weighted by atomic mass is 79.9. The summed E-state index contributed by atoms with van der Waals surface area (Å²) in [6, 6.07) is 4.62. The van der Waals surface area contributed by atoms with E-state index in [-0.39, 0.29) is 4.90 Å². The average molecular weight is 362 g/mol. The molecule has 0 unspecified atom stereocenters. The summed E-state index contributed by atoms with van der Waals surface area (Å²) in [7, 11) is -3.67. The van der Waals surface area contributed by atoms with Crippen molar-refractivity contribution in [2.45, 2.75) is 18.4 Å². The third kappa shape index (κ3) is 3.75. The number of sulfonamides is 1. The SMILES string of the molecule is Cc1csc(CNc2ccc(S(N)(=O)=O)cc2Br)n1. The standard InChI is InChI=1S/C11H12BrN3O2S2/c1-7-6-18-11(15-7)5-14-10-3-2-8(4-9(10)12)19(13,16)17/h2-4,6,14H,5H2,1H3,(H2,13,16,17). The number of hydrogen-bond donors (Lipinski definition) is 2. The maximum Gasteiger partial charge on any atom is 0.238 e. The fourth-order valence-corrected chi connectivity index (χ4v) is 3.39. The van der Waals surface area contributed by atoms with Gasteiger partial charge in [-0.05, 0) is 41.1 Å². The van der Waals surface area contributed by atoms with E-state index in [1.165, 1.54) is 12.1 Å². The number of halogens is 1. The fraction of sp³-hybridized carbons (Fsp3) is 0.182. The van der Waals surface area contributed by atoms with Crippen LogP contribution in [0.15, 0.2) is 32.9 Å². The van der Waals surface area contributed by atoms with Crippen LogP contribution in [0.2, 0.25) is 0 Å². The van der Waals surface area contributed by atoms with E-state index in [4.69, 9.17) is 5.14 Å². The second kappa shape index (κ2) is 5.58. The number of benzene rings is 1. The number of primary sulfonamides is 1. The van der Waals surface area contributed by atoms with Gasteiger partial charge in [0.15, 0.2) is 0 Å². The molecule has 2 aromatic rings. The summed E-state index contributed by atoms with van der Waals surface area (Å²) in [6.45, 7) is 2.53. The zero-order valence-corrected chi connectivity index (χ0v) is 13.3. The number of thiazole rings is 1. The van der Waals surface area contributed by atoms with Crippen LogP contribution in [-0.4, -0.2) is 13.4 Å². The molecule has 0 amide bonds. The minimum absolute atomic E-state index is 0.0787. The Morgan fingerprint density at radius 2 is 2.21 bits per heavy atom. The first-order valence-electron chi connectivity index (χ1n) is 5.33. The molecule has 0 aliphatic rings. The van der Waals surface area contributed by atoms with Crippen molar-refractivity contribution in [1.29, 1.82) is 0 Å². The van der Waals surface area contributed by atoms with Crippen molar-refractivity contribution < 1.29 is 8.42 Å². The van der Waals surface area contributed by atoms with Gasteiger partial charge in [-0.25, -0.2) is 18.5 Å². The van der Waals surface area contributed by atoms with Gasteiger partial charge in [-0.2, -0.15) is 0 Å². The third-order valence-corrected chi connectivity index (χ3v) is 4.90. The molecule has 102 valence electrons. The predicted molar refractivity (Wildman–Crippen MR) is 79.7 cm³/mol. The maximum absolute atomic E-state index is 11.2. The number of aromatic nitrogens is 1. The van der Waals surface area contributed by atoms with Crippen LogP contribution in [-0.2, 0) is 16.6 Å². The van der Waals surface area contributed by atoms with E-state index in [1.54, 1.807) is 17.4 Å². The van der Waals surface area contributed by atoms with Crippen molar-refractivity contribution >= 4 is 43.0 Å². The molecular formula is C11H12BrN3O2S2. The number of nitrogens with one attached hydrogen (secondary N) is 1. The number of rotatable bonds is 4. The molecule has 3 N–H and O–H groups in total. The first kappa shape index (κ1) is 14.4. The molecule has 8 heteroatoms. The molecule has 0 aliphatic heterocycles. The molecule has 0 aliphatic carbocycles.